The van der Waals surface area contributed by atoms with Crippen LogP contribution in [0, 0.1) is 0 Å². The minimum Gasteiger partial charge on any atom is -0.491 e. The Bertz CT molecular complexity index is 342. The van der Waals surface area contributed by atoms with Gasteiger partial charge in [-0.05, 0) is 19.9 Å². The topological polar surface area (TPSA) is 39.7 Å². The van der Waals surface area contributed by atoms with Crippen LogP contribution in [0.1, 0.15) is 19.4 Å². The lowest BCUT2D eigenvalue weighted by atomic mass is 10.2. The molecule has 0 heterocycles. The van der Waals surface area contributed by atoms with Crippen LogP contribution < -0.4 is 10.1 Å². The average molecular weight is 267 g/mol. The van der Waals surface area contributed by atoms with E-state index < -0.39 is 0 Å². The molecule has 0 saturated carbocycles. The highest BCUT2D eigenvalue weighted by atomic mass is 16.5. The van der Waals surface area contributed by atoms with Crippen LogP contribution in [0.2, 0.25) is 0 Å². The fourth-order valence-electron chi connectivity index (χ4n) is 1.62. The Balaban J connectivity index is 2.35. The third-order valence-corrected chi connectivity index (χ3v) is 2.56. The molecule has 4 nitrogen and oxygen atoms in total. The quantitative estimate of drug-likeness (QED) is 0.660. The van der Waals surface area contributed by atoms with Gasteiger partial charge in [0.2, 0.25) is 0 Å². The Morgan fingerprint density at radius 3 is 2.63 bits per heavy atom. The summed E-state index contributed by atoms with van der Waals surface area (Å²) in [5.41, 5.74) is 1.16. The first kappa shape index (κ1) is 16.0. The third-order valence-electron chi connectivity index (χ3n) is 2.56. The van der Waals surface area contributed by atoms with Crippen molar-refractivity contribution in [1.82, 2.24) is 5.32 Å². The lowest BCUT2D eigenvalue weighted by Gasteiger charge is -2.13. The molecule has 0 amide bonds. The summed E-state index contributed by atoms with van der Waals surface area (Å²) in [5, 5.41) is 3.32. The van der Waals surface area contributed by atoms with Crippen molar-refractivity contribution >= 4 is 0 Å². The number of rotatable bonds is 10. The van der Waals surface area contributed by atoms with Crippen molar-refractivity contribution in [1.29, 1.82) is 0 Å². The maximum atomic E-state index is 5.75. The van der Waals surface area contributed by atoms with Crippen LogP contribution >= 0.6 is 0 Å². The van der Waals surface area contributed by atoms with Crippen molar-refractivity contribution in [2.45, 2.75) is 26.5 Å². The Labute approximate surface area is 116 Å². The Morgan fingerprint density at radius 1 is 1.11 bits per heavy atom. The summed E-state index contributed by atoms with van der Waals surface area (Å²) in [6, 6.07) is 8.06. The number of para-hydroxylation sites is 1. The molecule has 0 radical (unpaired) electrons. The summed E-state index contributed by atoms with van der Waals surface area (Å²) in [5.74, 6) is 0.916. The molecule has 0 aromatic heterocycles. The van der Waals surface area contributed by atoms with Gasteiger partial charge in [0, 0.05) is 25.8 Å². The molecule has 0 aliphatic rings. The maximum Gasteiger partial charge on any atom is 0.123 e. The Morgan fingerprint density at radius 2 is 1.89 bits per heavy atom. The molecule has 0 atom stereocenters. The molecule has 1 aromatic rings. The van der Waals surface area contributed by atoms with Gasteiger partial charge in [-0.1, -0.05) is 18.2 Å². The average Bonchev–Trinajstić information content (AvgIpc) is 2.41. The van der Waals surface area contributed by atoms with Gasteiger partial charge in [0.05, 0.1) is 19.3 Å². The molecule has 1 N–H and O–H groups in total. The van der Waals surface area contributed by atoms with E-state index in [-0.39, 0.29) is 6.10 Å². The zero-order valence-electron chi connectivity index (χ0n) is 12.1. The number of hydrogen-bond acceptors (Lipinski definition) is 4. The van der Waals surface area contributed by atoms with E-state index in [4.69, 9.17) is 14.2 Å². The smallest absolute Gasteiger partial charge is 0.123 e. The summed E-state index contributed by atoms with van der Waals surface area (Å²) in [6.45, 7) is 7.56. The van der Waals surface area contributed by atoms with E-state index in [1.807, 2.05) is 32.0 Å². The minimum absolute atomic E-state index is 0.245. The number of methoxy groups -OCH3 is 1. The lowest BCUT2D eigenvalue weighted by Crippen LogP contribution is -2.19. The lowest BCUT2D eigenvalue weighted by molar-refractivity contribution is 0.0550. The SMILES string of the molecule is COCCNCc1ccccc1OCCOC(C)C. The van der Waals surface area contributed by atoms with E-state index >= 15 is 0 Å². The molecule has 4 heteroatoms. The van der Waals surface area contributed by atoms with Gasteiger partial charge in [-0.3, -0.25) is 0 Å². The second kappa shape index (κ2) is 9.78. The fourth-order valence-corrected chi connectivity index (χ4v) is 1.62. The molecule has 108 valence electrons. The van der Waals surface area contributed by atoms with Crippen LogP contribution in [0.3, 0.4) is 0 Å². The third kappa shape index (κ3) is 7.15. The van der Waals surface area contributed by atoms with Crippen LogP contribution in [-0.2, 0) is 16.0 Å². The van der Waals surface area contributed by atoms with Crippen molar-refractivity contribution < 1.29 is 14.2 Å². The summed E-state index contributed by atoms with van der Waals surface area (Å²) in [6.07, 6.45) is 0.245. The van der Waals surface area contributed by atoms with Crippen molar-refractivity contribution in [2.24, 2.45) is 0 Å². The minimum atomic E-state index is 0.245. The highest BCUT2D eigenvalue weighted by Gasteiger charge is 2.02. The molecular weight excluding hydrogens is 242 g/mol. The normalized spacial score (nSPS) is 10.9. The number of ether oxygens (including phenoxy) is 3. The molecule has 0 aliphatic heterocycles. The van der Waals surface area contributed by atoms with Crippen molar-refractivity contribution in [3.8, 4) is 5.75 Å². The van der Waals surface area contributed by atoms with E-state index in [9.17, 15) is 0 Å². The predicted octanol–water partition coefficient (Wildman–Crippen LogP) is 2.23. The van der Waals surface area contributed by atoms with Gasteiger partial charge in [-0.25, -0.2) is 0 Å². The van der Waals surface area contributed by atoms with E-state index in [0.717, 1.165) is 24.4 Å². The zero-order valence-corrected chi connectivity index (χ0v) is 12.1. The van der Waals surface area contributed by atoms with Crippen LogP contribution in [-0.4, -0.2) is 39.6 Å². The van der Waals surface area contributed by atoms with Crippen LogP contribution in [0.25, 0.3) is 0 Å². The number of benzene rings is 1. The van der Waals surface area contributed by atoms with E-state index in [1.165, 1.54) is 0 Å². The molecule has 1 rings (SSSR count). The molecule has 0 fully saturated rings. The first-order valence-corrected chi connectivity index (χ1v) is 6.76. The first-order valence-electron chi connectivity index (χ1n) is 6.76. The molecule has 1 aromatic carbocycles. The van der Waals surface area contributed by atoms with Crippen molar-refractivity contribution in [3.05, 3.63) is 29.8 Å². The Hall–Kier alpha value is -1.10. The van der Waals surface area contributed by atoms with Crippen molar-refractivity contribution in [2.75, 3.05) is 33.5 Å². The first-order chi connectivity index (χ1) is 9.24. The van der Waals surface area contributed by atoms with E-state index in [1.54, 1.807) is 7.11 Å². The standard InChI is InChI=1S/C15H25NO3/c1-13(2)18-10-11-19-15-7-5-4-6-14(15)12-16-8-9-17-3/h4-7,13,16H,8-12H2,1-3H3. The maximum absolute atomic E-state index is 5.75. The van der Waals surface area contributed by atoms with Gasteiger partial charge in [-0.15, -0.1) is 0 Å². The molecule has 0 bridgehead atoms. The van der Waals surface area contributed by atoms with Gasteiger partial charge in [-0.2, -0.15) is 0 Å². The predicted molar refractivity (Wildman–Crippen MR) is 76.6 cm³/mol. The Kier molecular flexibility index (Phi) is 8.21. The molecule has 0 unspecified atom stereocenters. The summed E-state index contributed by atoms with van der Waals surface area (Å²) in [4.78, 5) is 0. The van der Waals surface area contributed by atoms with Crippen LogP contribution in [0.5, 0.6) is 5.75 Å². The number of nitrogens with one attached hydrogen (secondary N) is 1. The van der Waals surface area contributed by atoms with E-state index in [2.05, 4.69) is 11.4 Å². The van der Waals surface area contributed by atoms with Gasteiger partial charge in [0.25, 0.3) is 0 Å². The highest BCUT2D eigenvalue weighted by Crippen LogP contribution is 2.17. The zero-order chi connectivity index (χ0) is 13.9. The van der Waals surface area contributed by atoms with E-state index in [0.29, 0.717) is 19.8 Å². The molecule has 19 heavy (non-hydrogen) atoms. The highest BCUT2D eigenvalue weighted by molar-refractivity contribution is 5.33. The largest absolute Gasteiger partial charge is 0.491 e. The molecule has 0 aliphatic carbocycles. The van der Waals surface area contributed by atoms with Crippen molar-refractivity contribution in [3.63, 3.8) is 0 Å². The molecule has 0 saturated heterocycles. The van der Waals surface area contributed by atoms with Gasteiger partial charge in [0.15, 0.2) is 0 Å². The second-order valence-electron chi connectivity index (χ2n) is 4.55. The monoisotopic (exact) mass is 267 g/mol. The summed E-state index contributed by atoms with van der Waals surface area (Å²) in [7, 11) is 1.70. The molecular formula is C15H25NO3. The fraction of sp³-hybridized carbons (Fsp3) is 0.600. The van der Waals surface area contributed by atoms with Crippen LogP contribution in [0.15, 0.2) is 24.3 Å². The summed E-state index contributed by atoms with van der Waals surface area (Å²) < 4.78 is 16.2. The van der Waals surface area contributed by atoms with Gasteiger partial charge < -0.3 is 19.5 Å². The second-order valence-corrected chi connectivity index (χ2v) is 4.55. The van der Waals surface area contributed by atoms with Gasteiger partial charge in [0.1, 0.15) is 12.4 Å². The van der Waals surface area contributed by atoms with Gasteiger partial charge >= 0.3 is 0 Å². The number of hydrogen-bond donors (Lipinski definition) is 1. The van der Waals surface area contributed by atoms with Crippen LogP contribution in [0.4, 0.5) is 0 Å². The summed E-state index contributed by atoms with van der Waals surface area (Å²) >= 11 is 0. The molecule has 0 spiro atoms.